The van der Waals surface area contributed by atoms with Crippen molar-refractivity contribution in [2.45, 2.75) is 6.42 Å². The standard InChI is InChI=1S/C8H19N3O4S.ClH/c1-9-5-6-10-16(13,14)11(2)7-4-8(12)15-3;/h9-10H,4-7H2,1-3H3;1H. The van der Waals surface area contributed by atoms with Gasteiger partial charge in [-0.25, -0.2) is 4.72 Å². The zero-order valence-corrected chi connectivity index (χ0v) is 11.9. The Labute approximate surface area is 108 Å². The van der Waals surface area contributed by atoms with Gasteiger partial charge in [0, 0.05) is 26.7 Å². The van der Waals surface area contributed by atoms with Gasteiger partial charge in [-0.1, -0.05) is 0 Å². The average molecular weight is 290 g/mol. The lowest BCUT2D eigenvalue weighted by atomic mass is 10.4. The molecule has 7 nitrogen and oxygen atoms in total. The maximum atomic E-state index is 11.5. The average Bonchev–Trinajstić information content (AvgIpc) is 2.25. The van der Waals surface area contributed by atoms with Crippen LogP contribution in [-0.2, 0) is 19.7 Å². The summed E-state index contributed by atoms with van der Waals surface area (Å²) >= 11 is 0. The van der Waals surface area contributed by atoms with Crippen molar-refractivity contribution in [1.82, 2.24) is 14.3 Å². The van der Waals surface area contributed by atoms with Gasteiger partial charge in [0.1, 0.15) is 0 Å². The minimum atomic E-state index is -3.50. The molecule has 0 unspecified atom stereocenters. The molecule has 0 amide bonds. The van der Waals surface area contributed by atoms with E-state index in [-0.39, 0.29) is 25.4 Å². The molecule has 0 rings (SSSR count). The number of nitrogens with zero attached hydrogens (tertiary/aromatic N) is 1. The van der Waals surface area contributed by atoms with E-state index in [1.165, 1.54) is 14.2 Å². The van der Waals surface area contributed by atoms with Gasteiger partial charge >= 0.3 is 5.97 Å². The first kappa shape index (κ1) is 18.9. The molecule has 104 valence electrons. The number of likely N-dealkylation sites (N-methyl/N-ethyl adjacent to an activating group) is 1. The van der Waals surface area contributed by atoms with Crippen LogP contribution in [0.5, 0.6) is 0 Å². The van der Waals surface area contributed by atoms with Gasteiger partial charge in [-0.15, -0.1) is 12.4 Å². The monoisotopic (exact) mass is 289 g/mol. The number of hydrogen-bond acceptors (Lipinski definition) is 5. The molecule has 0 radical (unpaired) electrons. The number of halogens is 1. The molecule has 0 aliphatic carbocycles. The summed E-state index contributed by atoms with van der Waals surface area (Å²) in [5.74, 6) is -0.433. The number of carbonyl (C=O) groups excluding carboxylic acids is 1. The molecule has 0 atom stereocenters. The Morgan fingerprint density at radius 1 is 1.35 bits per heavy atom. The predicted molar refractivity (Wildman–Crippen MR) is 67.4 cm³/mol. The fourth-order valence-corrected chi connectivity index (χ4v) is 1.80. The number of ether oxygens (including phenoxy) is 1. The third kappa shape index (κ3) is 8.33. The molecule has 0 spiro atoms. The van der Waals surface area contributed by atoms with Crippen LogP contribution in [-0.4, -0.2) is 59.5 Å². The number of methoxy groups -OCH3 is 1. The van der Waals surface area contributed by atoms with Gasteiger partial charge in [-0.05, 0) is 7.05 Å². The van der Waals surface area contributed by atoms with Crippen LogP contribution >= 0.6 is 12.4 Å². The Hall–Kier alpha value is -0.410. The third-order valence-corrected chi connectivity index (χ3v) is 3.50. The number of carbonyl (C=O) groups is 1. The summed E-state index contributed by atoms with van der Waals surface area (Å²) in [5, 5.41) is 2.82. The summed E-state index contributed by atoms with van der Waals surface area (Å²) in [4.78, 5) is 10.8. The van der Waals surface area contributed by atoms with Gasteiger partial charge < -0.3 is 10.1 Å². The highest BCUT2D eigenvalue weighted by Gasteiger charge is 2.17. The molecular weight excluding hydrogens is 270 g/mol. The van der Waals surface area contributed by atoms with Crippen LogP contribution < -0.4 is 10.0 Å². The van der Waals surface area contributed by atoms with Crippen molar-refractivity contribution in [3.05, 3.63) is 0 Å². The predicted octanol–water partition coefficient (Wildman–Crippen LogP) is -1.04. The molecule has 0 aromatic rings. The van der Waals surface area contributed by atoms with Gasteiger partial charge in [0.2, 0.25) is 0 Å². The van der Waals surface area contributed by atoms with E-state index >= 15 is 0 Å². The van der Waals surface area contributed by atoms with Crippen LogP contribution in [0.3, 0.4) is 0 Å². The lowest BCUT2D eigenvalue weighted by Gasteiger charge is -2.16. The number of rotatable bonds is 8. The van der Waals surface area contributed by atoms with E-state index in [4.69, 9.17) is 0 Å². The second kappa shape index (κ2) is 9.60. The van der Waals surface area contributed by atoms with Gasteiger partial charge in [0.25, 0.3) is 10.2 Å². The van der Waals surface area contributed by atoms with Crippen LogP contribution in [0.15, 0.2) is 0 Å². The molecule has 0 bridgehead atoms. The molecule has 0 saturated carbocycles. The smallest absolute Gasteiger partial charge is 0.306 e. The summed E-state index contributed by atoms with van der Waals surface area (Å²) in [6.07, 6.45) is 0.0416. The van der Waals surface area contributed by atoms with Gasteiger partial charge in [-0.3, -0.25) is 4.79 Å². The largest absolute Gasteiger partial charge is 0.469 e. The minimum absolute atomic E-state index is 0. The molecule has 0 aromatic heterocycles. The second-order valence-corrected chi connectivity index (χ2v) is 5.01. The molecule has 2 N–H and O–H groups in total. The van der Waals surface area contributed by atoms with Crippen LogP contribution in [0.4, 0.5) is 0 Å². The van der Waals surface area contributed by atoms with E-state index in [9.17, 15) is 13.2 Å². The summed E-state index contributed by atoms with van der Waals surface area (Å²) in [5.41, 5.74) is 0. The first-order valence-electron chi connectivity index (χ1n) is 4.86. The molecule has 0 heterocycles. The van der Waals surface area contributed by atoms with E-state index in [0.29, 0.717) is 13.1 Å². The fraction of sp³-hybridized carbons (Fsp3) is 0.875. The molecule has 0 fully saturated rings. The zero-order valence-electron chi connectivity index (χ0n) is 10.2. The van der Waals surface area contributed by atoms with E-state index in [0.717, 1.165) is 4.31 Å². The van der Waals surface area contributed by atoms with Crippen molar-refractivity contribution in [1.29, 1.82) is 0 Å². The Bertz CT molecular complexity index is 310. The lowest BCUT2D eigenvalue weighted by molar-refractivity contribution is -0.140. The number of nitrogens with one attached hydrogen (secondary N) is 2. The van der Waals surface area contributed by atoms with Crippen molar-refractivity contribution in [2.75, 3.05) is 40.8 Å². The Morgan fingerprint density at radius 2 is 1.94 bits per heavy atom. The highest BCUT2D eigenvalue weighted by molar-refractivity contribution is 7.87. The van der Waals surface area contributed by atoms with Crippen LogP contribution in [0.2, 0.25) is 0 Å². The van der Waals surface area contributed by atoms with Crippen molar-refractivity contribution in [3.8, 4) is 0 Å². The molecule has 0 aromatic carbocycles. The van der Waals surface area contributed by atoms with Crippen LogP contribution in [0.1, 0.15) is 6.42 Å². The molecular formula is C8H20ClN3O4S. The van der Waals surface area contributed by atoms with Gasteiger partial charge in [0.15, 0.2) is 0 Å². The van der Waals surface area contributed by atoms with Gasteiger partial charge in [-0.2, -0.15) is 12.7 Å². The van der Waals surface area contributed by atoms with E-state index < -0.39 is 16.2 Å². The summed E-state index contributed by atoms with van der Waals surface area (Å²) in [7, 11) is 0.904. The maximum Gasteiger partial charge on any atom is 0.306 e. The summed E-state index contributed by atoms with van der Waals surface area (Å²) < 4.78 is 31.0. The van der Waals surface area contributed by atoms with E-state index in [1.54, 1.807) is 7.05 Å². The van der Waals surface area contributed by atoms with Crippen LogP contribution in [0.25, 0.3) is 0 Å². The van der Waals surface area contributed by atoms with Crippen molar-refractivity contribution >= 4 is 28.6 Å². The maximum absolute atomic E-state index is 11.5. The Balaban J connectivity index is 0. The molecule has 0 aliphatic heterocycles. The van der Waals surface area contributed by atoms with E-state index in [1.807, 2.05) is 0 Å². The molecule has 0 aliphatic rings. The molecule has 9 heteroatoms. The Morgan fingerprint density at radius 3 is 2.41 bits per heavy atom. The topological polar surface area (TPSA) is 87.7 Å². The third-order valence-electron chi connectivity index (χ3n) is 1.93. The van der Waals surface area contributed by atoms with Crippen molar-refractivity contribution in [3.63, 3.8) is 0 Å². The first-order chi connectivity index (χ1) is 7.44. The first-order valence-corrected chi connectivity index (χ1v) is 6.30. The minimum Gasteiger partial charge on any atom is -0.469 e. The Kier molecular flexibility index (Phi) is 10.7. The second-order valence-electron chi connectivity index (χ2n) is 3.15. The van der Waals surface area contributed by atoms with Crippen molar-refractivity contribution < 1.29 is 17.9 Å². The highest BCUT2D eigenvalue weighted by Crippen LogP contribution is 1.96. The van der Waals surface area contributed by atoms with Crippen molar-refractivity contribution in [2.24, 2.45) is 0 Å². The number of esters is 1. The quantitative estimate of drug-likeness (QED) is 0.440. The summed E-state index contributed by atoms with van der Waals surface area (Å²) in [6, 6.07) is 0. The molecule has 17 heavy (non-hydrogen) atoms. The van der Waals surface area contributed by atoms with Crippen LogP contribution in [0, 0.1) is 0 Å². The lowest BCUT2D eigenvalue weighted by Crippen LogP contribution is -2.41. The van der Waals surface area contributed by atoms with E-state index in [2.05, 4.69) is 14.8 Å². The molecule has 0 saturated heterocycles. The normalized spacial score (nSPS) is 11.1. The highest BCUT2D eigenvalue weighted by atomic mass is 35.5. The zero-order chi connectivity index (χ0) is 12.6. The fourth-order valence-electron chi connectivity index (χ4n) is 0.886. The number of hydrogen-bond donors (Lipinski definition) is 2. The van der Waals surface area contributed by atoms with Gasteiger partial charge in [0.05, 0.1) is 13.5 Å². The SMILES string of the molecule is CNCCNS(=O)(=O)N(C)CCC(=O)OC.Cl. The summed E-state index contributed by atoms with van der Waals surface area (Å²) in [6.45, 7) is 0.951.